The first kappa shape index (κ1) is 20.7. The van der Waals surface area contributed by atoms with Crippen molar-refractivity contribution < 1.29 is 17.9 Å². The molecule has 0 saturated heterocycles. The molecule has 8 heteroatoms. The van der Waals surface area contributed by atoms with Gasteiger partial charge in [-0.2, -0.15) is 12.7 Å². The van der Waals surface area contributed by atoms with Gasteiger partial charge in [-0.3, -0.25) is 9.10 Å². The van der Waals surface area contributed by atoms with Crippen LogP contribution in [0.1, 0.15) is 15.9 Å². The molecule has 0 N–H and O–H groups in total. The summed E-state index contributed by atoms with van der Waals surface area (Å²) in [5.41, 5.74) is 1.86. The predicted molar refractivity (Wildman–Crippen MR) is 106 cm³/mol. The first-order valence-corrected chi connectivity index (χ1v) is 9.72. The summed E-state index contributed by atoms with van der Waals surface area (Å²) in [6, 6.07) is 14.0. The van der Waals surface area contributed by atoms with Crippen LogP contribution in [0.15, 0.2) is 48.5 Å². The Morgan fingerprint density at radius 2 is 1.56 bits per heavy atom. The molecule has 2 aromatic carbocycles. The molecule has 0 aromatic heterocycles. The summed E-state index contributed by atoms with van der Waals surface area (Å²) in [6.07, 6.45) is 0. The lowest BCUT2D eigenvalue weighted by Crippen LogP contribution is -2.37. The lowest BCUT2D eigenvalue weighted by molar-refractivity contribution is 0.0784. The van der Waals surface area contributed by atoms with Gasteiger partial charge in [-0.15, -0.1) is 0 Å². The second-order valence-electron chi connectivity index (χ2n) is 6.28. The number of hydrogen-bond donors (Lipinski definition) is 0. The third kappa shape index (κ3) is 4.58. The van der Waals surface area contributed by atoms with Gasteiger partial charge < -0.3 is 9.64 Å². The molecule has 0 unspecified atom stereocenters. The maximum Gasteiger partial charge on any atom is 0.303 e. The molecular formula is C19H25N3O4S. The Labute approximate surface area is 160 Å². The molecule has 0 aliphatic rings. The van der Waals surface area contributed by atoms with Gasteiger partial charge in [0.25, 0.3) is 5.91 Å². The molecule has 0 heterocycles. The summed E-state index contributed by atoms with van der Waals surface area (Å²) in [4.78, 5) is 14.3. The van der Waals surface area contributed by atoms with Gasteiger partial charge in [0.15, 0.2) is 0 Å². The molecule has 0 aliphatic carbocycles. The molecule has 2 rings (SSSR count). The molecule has 146 valence electrons. The van der Waals surface area contributed by atoms with E-state index in [9.17, 15) is 13.2 Å². The molecule has 27 heavy (non-hydrogen) atoms. The van der Waals surface area contributed by atoms with Crippen molar-refractivity contribution in [2.75, 3.05) is 39.6 Å². The molecule has 1 amide bonds. The van der Waals surface area contributed by atoms with E-state index < -0.39 is 10.2 Å². The molecule has 0 radical (unpaired) electrons. The average Bonchev–Trinajstić information content (AvgIpc) is 2.67. The maximum atomic E-state index is 12.7. The Kier molecular flexibility index (Phi) is 6.45. The number of benzene rings is 2. The van der Waals surface area contributed by atoms with Crippen LogP contribution in [0.4, 0.5) is 5.69 Å². The Morgan fingerprint density at radius 1 is 0.963 bits per heavy atom. The van der Waals surface area contributed by atoms with E-state index in [4.69, 9.17) is 4.74 Å². The fourth-order valence-electron chi connectivity index (χ4n) is 2.57. The first-order valence-electron chi connectivity index (χ1n) is 8.32. The van der Waals surface area contributed by atoms with Crippen molar-refractivity contribution in [3.05, 3.63) is 59.7 Å². The highest BCUT2D eigenvalue weighted by molar-refractivity contribution is 7.90. The van der Waals surface area contributed by atoms with Crippen molar-refractivity contribution in [1.82, 2.24) is 9.21 Å². The normalized spacial score (nSPS) is 11.3. The number of rotatable bonds is 7. The minimum absolute atomic E-state index is 0.162. The molecule has 7 nitrogen and oxygen atoms in total. The third-order valence-electron chi connectivity index (χ3n) is 4.23. The summed E-state index contributed by atoms with van der Waals surface area (Å²) < 4.78 is 32.0. The fraction of sp³-hybridized carbons (Fsp3) is 0.316. The van der Waals surface area contributed by atoms with Crippen LogP contribution in [-0.4, -0.2) is 58.8 Å². The smallest absolute Gasteiger partial charge is 0.303 e. The van der Waals surface area contributed by atoms with E-state index in [1.807, 2.05) is 24.3 Å². The fourth-order valence-corrected chi connectivity index (χ4v) is 3.45. The van der Waals surface area contributed by atoms with Crippen molar-refractivity contribution in [2.24, 2.45) is 0 Å². The zero-order valence-electron chi connectivity index (χ0n) is 16.2. The topological polar surface area (TPSA) is 70.2 Å². The van der Waals surface area contributed by atoms with Crippen LogP contribution in [0.5, 0.6) is 5.75 Å². The summed E-state index contributed by atoms with van der Waals surface area (Å²) in [5, 5.41) is 0. The molecule has 0 atom stereocenters. The first-order chi connectivity index (χ1) is 12.7. The number of methoxy groups -OCH3 is 1. The van der Waals surface area contributed by atoms with E-state index in [1.165, 1.54) is 25.4 Å². The minimum Gasteiger partial charge on any atom is -0.496 e. The molecule has 0 spiro atoms. The van der Waals surface area contributed by atoms with Crippen LogP contribution in [0.2, 0.25) is 0 Å². The summed E-state index contributed by atoms with van der Waals surface area (Å²) in [7, 11) is 4.15. The second-order valence-corrected chi connectivity index (χ2v) is 8.45. The largest absolute Gasteiger partial charge is 0.496 e. The average molecular weight is 391 g/mol. The van der Waals surface area contributed by atoms with E-state index in [1.54, 1.807) is 43.3 Å². The summed E-state index contributed by atoms with van der Waals surface area (Å²) in [5.74, 6) is 0.564. The van der Waals surface area contributed by atoms with Crippen molar-refractivity contribution in [3.8, 4) is 5.75 Å². The van der Waals surface area contributed by atoms with E-state index in [0.29, 0.717) is 17.8 Å². The number of anilines is 1. The Bertz CT molecular complexity index is 895. The molecule has 2 aromatic rings. The standard InChI is InChI=1S/C19H25N3O4S/c1-20(2)27(24,25)22(4)17-12-10-15(11-13-17)19(23)21(3)14-16-8-6-7-9-18(16)26-5/h6-13H,14H2,1-5H3. The van der Waals surface area contributed by atoms with Gasteiger partial charge in [-0.05, 0) is 30.3 Å². The van der Waals surface area contributed by atoms with Gasteiger partial charge in [-0.1, -0.05) is 18.2 Å². The van der Waals surface area contributed by atoms with E-state index in [2.05, 4.69) is 0 Å². The van der Waals surface area contributed by atoms with E-state index in [0.717, 1.165) is 15.6 Å². The number of carbonyl (C=O) groups excluding carboxylic acids is 1. The molecular weight excluding hydrogens is 366 g/mol. The molecule has 0 bridgehead atoms. The zero-order chi connectivity index (χ0) is 20.2. The van der Waals surface area contributed by atoms with Crippen molar-refractivity contribution in [1.29, 1.82) is 0 Å². The highest BCUT2D eigenvalue weighted by Crippen LogP contribution is 2.21. The van der Waals surface area contributed by atoms with E-state index >= 15 is 0 Å². The van der Waals surface area contributed by atoms with Gasteiger partial charge in [0.1, 0.15) is 5.75 Å². The molecule has 0 saturated carbocycles. The van der Waals surface area contributed by atoms with Crippen LogP contribution in [-0.2, 0) is 16.8 Å². The molecule has 0 aliphatic heterocycles. The van der Waals surface area contributed by atoms with Crippen molar-refractivity contribution in [3.63, 3.8) is 0 Å². The van der Waals surface area contributed by atoms with E-state index in [-0.39, 0.29) is 5.91 Å². The quantitative estimate of drug-likeness (QED) is 0.726. The van der Waals surface area contributed by atoms with Crippen LogP contribution in [0.3, 0.4) is 0 Å². The minimum atomic E-state index is -3.57. The van der Waals surface area contributed by atoms with Gasteiger partial charge in [0.2, 0.25) is 0 Å². The number of nitrogens with zero attached hydrogens (tertiary/aromatic N) is 3. The van der Waals surface area contributed by atoms with Crippen LogP contribution in [0, 0.1) is 0 Å². The Morgan fingerprint density at radius 3 is 2.11 bits per heavy atom. The van der Waals surface area contributed by atoms with Gasteiger partial charge in [0.05, 0.1) is 12.8 Å². The van der Waals surface area contributed by atoms with Gasteiger partial charge in [0, 0.05) is 45.9 Å². The lowest BCUT2D eigenvalue weighted by atomic mass is 10.1. The predicted octanol–water partition coefficient (Wildman–Crippen LogP) is 2.21. The highest BCUT2D eigenvalue weighted by Gasteiger charge is 2.21. The van der Waals surface area contributed by atoms with Gasteiger partial charge in [-0.25, -0.2) is 0 Å². The van der Waals surface area contributed by atoms with Crippen LogP contribution < -0.4 is 9.04 Å². The number of ether oxygens (including phenoxy) is 1. The molecule has 0 fully saturated rings. The van der Waals surface area contributed by atoms with Crippen LogP contribution in [0.25, 0.3) is 0 Å². The summed E-state index contributed by atoms with van der Waals surface area (Å²) >= 11 is 0. The third-order valence-corrected chi connectivity index (χ3v) is 6.06. The summed E-state index contributed by atoms with van der Waals surface area (Å²) in [6.45, 7) is 0.402. The van der Waals surface area contributed by atoms with Crippen molar-refractivity contribution in [2.45, 2.75) is 6.54 Å². The zero-order valence-corrected chi connectivity index (χ0v) is 17.0. The number of carbonyl (C=O) groups is 1. The monoisotopic (exact) mass is 391 g/mol. The highest BCUT2D eigenvalue weighted by atomic mass is 32.2. The SMILES string of the molecule is COc1ccccc1CN(C)C(=O)c1ccc(N(C)S(=O)(=O)N(C)C)cc1. The Hall–Kier alpha value is -2.58. The number of para-hydroxylation sites is 1. The Balaban J connectivity index is 2.15. The number of amides is 1. The van der Waals surface area contributed by atoms with Gasteiger partial charge >= 0.3 is 10.2 Å². The number of hydrogen-bond acceptors (Lipinski definition) is 4. The van der Waals surface area contributed by atoms with Crippen LogP contribution >= 0.6 is 0 Å². The lowest BCUT2D eigenvalue weighted by Gasteiger charge is -2.23. The van der Waals surface area contributed by atoms with Crippen molar-refractivity contribution >= 4 is 21.8 Å². The maximum absolute atomic E-state index is 12.7. The second kappa shape index (κ2) is 8.41.